The minimum Gasteiger partial charge on any atom is -0.405 e. The molecule has 1 radical (unpaired) electrons. The second-order valence-corrected chi connectivity index (χ2v) is 3.49. The highest BCUT2D eigenvalue weighted by Crippen LogP contribution is 2.33. The van der Waals surface area contributed by atoms with Gasteiger partial charge in [0.2, 0.25) is 0 Å². The first-order valence-corrected chi connectivity index (χ1v) is 4.55. The van der Waals surface area contributed by atoms with Gasteiger partial charge in [0.05, 0.1) is 4.92 Å². The number of hydrogen-bond acceptors (Lipinski definition) is 3. The third kappa shape index (κ3) is 3.61. The van der Waals surface area contributed by atoms with E-state index in [9.17, 15) is 23.3 Å². The highest BCUT2D eigenvalue weighted by Gasteiger charge is 2.32. The second kappa shape index (κ2) is 4.60. The lowest BCUT2D eigenvalue weighted by molar-refractivity contribution is -0.385. The Balaban J connectivity index is 3.18. The van der Waals surface area contributed by atoms with E-state index >= 15 is 0 Å². The molecule has 0 saturated carbocycles. The third-order valence-corrected chi connectivity index (χ3v) is 1.94. The average Bonchev–Trinajstić information content (AvgIpc) is 2.14. The molecule has 0 N–H and O–H groups in total. The molecular formula is C10H9F3NO3. The minimum atomic E-state index is -4.82. The predicted octanol–water partition coefficient (Wildman–Crippen LogP) is 3.46. The molecule has 1 rings (SSSR count). The highest BCUT2D eigenvalue weighted by molar-refractivity contribution is 5.49. The molecule has 0 amide bonds. The maximum Gasteiger partial charge on any atom is 0.573 e. The van der Waals surface area contributed by atoms with Crippen LogP contribution in [0, 0.1) is 16.0 Å². The summed E-state index contributed by atoms with van der Waals surface area (Å²) < 4.78 is 40.0. The summed E-state index contributed by atoms with van der Waals surface area (Å²) in [7, 11) is 0. The monoisotopic (exact) mass is 248 g/mol. The van der Waals surface area contributed by atoms with Crippen LogP contribution in [0.4, 0.5) is 18.9 Å². The van der Waals surface area contributed by atoms with Crippen molar-refractivity contribution in [2.45, 2.75) is 20.2 Å². The maximum atomic E-state index is 12.1. The highest BCUT2D eigenvalue weighted by atomic mass is 19.4. The standard InChI is InChI=1S/C10H9F3NO3/c1-6(2)8-5-7(14(15)16)3-4-9(8)17-10(11,12)13/h3-5H,1-2H3. The van der Waals surface area contributed by atoms with Crippen LogP contribution in [0.15, 0.2) is 18.2 Å². The number of nitro benzene ring substituents is 1. The van der Waals surface area contributed by atoms with Crippen LogP contribution in [0.25, 0.3) is 0 Å². The van der Waals surface area contributed by atoms with Gasteiger partial charge in [-0.1, -0.05) is 13.8 Å². The fourth-order valence-corrected chi connectivity index (χ4v) is 1.24. The molecule has 0 aromatic heterocycles. The Morgan fingerprint density at radius 3 is 2.35 bits per heavy atom. The van der Waals surface area contributed by atoms with Gasteiger partial charge in [-0.05, 0) is 6.07 Å². The molecule has 93 valence electrons. The minimum absolute atomic E-state index is 0.0662. The van der Waals surface area contributed by atoms with Gasteiger partial charge >= 0.3 is 6.36 Å². The average molecular weight is 248 g/mol. The molecule has 4 nitrogen and oxygen atoms in total. The van der Waals surface area contributed by atoms with Crippen LogP contribution < -0.4 is 4.74 Å². The largest absolute Gasteiger partial charge is 0.573 e. The molecule has 0 heterocycles. The summed E-state index contributed by atoms with van der Waals surface area (Å²) in [5, 5.41) is 10.5. The van der Waals surface area contributed by atoms with Crippen molar-refractivity contribution in [1.82, 2.24) is 0 Å². The lowest BCUT2D eigenvalue weighted by Crippen LogP contribution is -2.18. The lowest BCUT2D eigenvalue weighted by Gasteiger charge is -2.14. The zero-order valence-corrected chi connectivity index (χ0v) is 9.04. The molecule has 0 aliphatic heterocycles. The number of halogens is 3. The SMILES string of the molecule is C[C](C)c1cc([N+](=O)[O-])ccc1OC(F)(F)F. The number of ether oxygens (including phenoxy) is 1. The second-order valence-electron chi connectivity index (χ2n) is 3.49. The van der Waals surface area contributed by atoms with Crippen molar-refractivity contribution in [2.24, 2.45) is 0 Å². The molecule has 0 bridgehead atoms. The number of non-ortho nitro benzene ring substituents is 1. The molecule has 7 heteroatoms. The Kier molecular flexibility index (Phi) is 3.59. The Labute approximate surface area is 95.2 Å². The van der Waals surface area contributed by atoms with Gasteiger partial charge in [-0.15, -0.1) is 13.2 Å². The number of hydrogen-bond donors (Lipinski definition) is 0. The Morgan fingerprint density at radius 1 is 1.35 bits per heavy atom. The van der Waals surface area contributed by atoms with Crippen molar-refractivity contribution >= 4 is 5.69 Å². The van der Waals surface area contributed by atoms with Crippen LogP contribution in [-0.4, -0.2) is 11.3 Å². The van der Waals surface area contributed by atoms with Crippen molar-refractivity contribution in [3.05, 3.63) is 39.8 Å². The van der Waals surface area contributed by atoms with Gasteiger partial charge in [-0.3, -0.25) is 10.1 Å². The fraction of sp³-hybridized carbons (Fsp3) is 0.300. The van der Waals surface area contributed by atoms with Gasteiger partial charge in [0.25, 0.3) is 5.69 Å². The molecule has 17 heavy (non-hydrogen) atoms. The van der Waals surface area contributed by atoms with E-state index < -0.39 is 17.0 Å². The van der Waals surface area contributed by atoms with E-state index in [1.54, 1.807) is 13.8 Å². The maximum absolute atomic E-state index is 12.1. The van der Waals surface area contributed by atoms with Crippen LogP contribution in [0.5, 0.6) is 5.75 Å². The van der Waals surface area contributed by atoms with E-state index in [0.29, 0.717) is 5.92 Å². The summed E-state index contributed by atoms with van der Waals surface area (Å²) in [6.07, 6.45) is -4.82. The quantitative estimate of drug-likeness (QED) is 0.608. The van der Waals surface area contributed by atoms with E-state index in [-0.39, 0.29) is 11.3 Å². The molecule has 0 spiro atoms. The van der Waals surface area contributed by atoms with Crippen molar-refractivity contribution in [3.63, 3.8) is 0 Å². The molecule has 0 aliphatic rings. The molecule has 1 aromatic rings. The predicted molar refractivity (Wildman–Crippen MR) is 53.5 cm³/mol. The Morgan fingerprint density at radius 2 is 1.94 bits per heavy atom. The van der Waals surface area contributed by atoms with Crippen molar-refractivity contribution in [1.29, 1.82) is 0 Å². The number of rotatable bonds is 3. The summed E-state index contributed by atoms with van der Waals surface area (Å²) in [6.45, 7) is 3.09. The first kappa shape index (κ1) is 13.3. The third-order valence-electron chi connectivity index (χ3n) is 1.94. The number of nitro groups is 1. The Bertz CT molecular complexity index is 429. The molecular weight excluding hydrogens is 239 g/mol. The molecule has 0 saturated heterocycles. The van der Waals surface area contributed by atoms with Gasteiger partial charge in [0, 0.05) is 23.6 Å². The van der Waals surface area contributed by atoms with Crippen LogP contribution >= 0.6 is 0 Å². The van der Waals surface area contributed by atoms with E-state index in [4.69, 9.17) is 0 Å². The number of benzene rings is 1. The van der Waals surface area contributed by atoms with Crippen molar-refractivity contribution in [3.8, 4) is 5.75 Å². The van der Waals surface area contributed by atoms with Gasteiger partial charge in [-0.25, -0.2) is 0 Å². The zero-order valence-electron chi connectivity index (χ0n) is 9.04. The Hall–Kier alpha value is -1.79. The van der Waals surface area contributed by atoms with Crippen LogP contribution in [-0.2, 0) is 0 Å². The lowest BCUT2D eigenvalue weighted by atomic mass is 10.0. The number of nitrogens with zero attached hydrogens (tertiary/aromatic N) is 1. The summed E-state index contributed by atoms with van der Waals surface area (Å²) in [6, 6.07) is 2.96. The van der Waals surface area contributed by atoms with Gasteiger partial charge in [0.1, 0.15) is 5.75 Å². The number of alkyl halides is 3. The van der Waals surface area contributed by atoms with E-state index in [1.807, 2.05) is 0 Å². The van der Waals surface area contributed by atoms with Gasteiger partial charge in [-0.2, -0.15) is 0 Å². The van der Waals surface area contributed by atoms with Gasteiger partial charge < -0.3 is 4.74 Å². The molecule has 1 aromatic carbocycles. The first-order chi connectivity index (χ1) is 7.70. The zero-order chi connectivity index (χ0) is 13.2. The summed E-state index contributed by atoms with van der Waals surface area (Å²) in [4.78, 5) is 9.83. The summed E-state index contributed by atoms with van der Waals surface area (Å²) in [5.74, 6) is 0.0519. The normalized spacial score (nSPS) is 11.6. The molecule has 0 fully saturated rings. The van der Waals surface area contributed by atoms with E-state index in [2.05, 4.69) is 4.74 Å². The fourth-order valence-electron chi connectivity index (χ4n) is 1.24. The van der Waals surface area contributed by atoms with Crippen LogP contribution in [0.3, 0.4) is 0 Å². The topological polar surface area (TPSA) is 52.4 Å². The summed E-state index contributed by atoms with van der Waals surface area (Å²) >= 11 is 0. The molecule has 0 unspecified atom stereocenters. The molecule has 0 aliphatic carbocycles. The van der Waals surface area contributed by atoms with Crippen molar-refractivity contribution < 1.29 is 22.8 Å². The van der Waals surface area contributed by atoms with Crippen molar-refractivity contribution in [2.75, 3.05) is 0 Å². The smallest absolute Gasteiger partial charge is 0.405 e. The molecule has 0 atom stereocenters. The van der Waals surface area contributed by atoms with E-state index in [1.165, 1.54) is 0 Å². The van der Waals surface area contributed by atoms with Crippen LogP contribution in [0.2, 0.25) is 0 Å². The van der Waals surface area contributed by atoms with E-state index in [0.717, 1.165) is 18.2 Å². The summed E-state index contributed by atoms with van der Waals surface area (Å²) in [5.41, 5.74) is -0.216. The van der Waals surface area contributed by atoms with Crippen LogP contribution in [0.1, 0.15) is 19.4 Å². The van der Waals surface area contributed by atoms with Gasteiger partial charge in [0.15, 0.2) is 0 Å². The first-order valence-electron chi connectivity index (χ1n) is 4.55.